The second-order valence-corrected chi connectivity index (χ2v) is 3.73. The van der Waals surface area contributed by atoms with E-state index in [1.54, 1.807) is 12.1 Å². The molecular weight excluding hydrogens is 249 g/mol. The first-order valence-electron chi connectivity index (χ1n) is 5.47. The van der Waals surface area contributed by atoms with Gasteiger partial charge in [0.25, 0.3) is 5.91 Å². The number of anilines is 2. The van der Waals surface area contributed by atoms with Crippen molar-refractivity contribution in [3.63, 3.8) is 0 Å². The minimum atomic E-state index is -0.448. The van der Waals surface area contributed by atoms with Crippen molar-refractivity contribution in [2.24, 2.45) is 0 Å². The van der Waals surface area contributed by atoms with E-state index in [0.717, 1.165) is 0 Å². The Hall–Kier alpha value is -2.63. The van der Waals surface area contributed by atoms with E-state index in [2.05, 4.69) is 10.3 Å². The van der Waals surface area contributed by atoms with Crippen molar-refractivity contribution in [1.82, 2.24) is 4.98 Å². The summed E-state index contributed by atoms with van der Waals surface area (Å²) >= 11 is 0. The smallest absolute Gasteiger partial charge is 0.259 e. The number of benzene rings is 1. The Morgan fingerprint density at radius 1 is 1.42 bits per heavy atom. The third kappa shape index (κ3) is 2.79. The van der Waals surface area contributed by atoms with Crippen molar-refractivity contribution in [2.75, 3.05) is 18.2 Å². The minimum absolute atomic E-state index is 0.126. The molecule has 0 aliphatic carbocycles. The third-order valence-corrected chi connectivity index (χ3v) is 2.49. The lowest BCUT2D eigenvalue weighted by Gasteiger charge is -2.10. The summed E-state index contributed by atoms with van der Waals surface area (Å²) in [6.45, 7) is 0. The highest BCUT2D eigenvalue weighted by molar-refractivity contribution is 6.07. The van der Waals surface area contributed by atoms with Crippen molar-refractivity contribution in [3.05, 3.63) is 47.9 Å². The molecule has 2 aromatic rings. The number of rotatable bonds is 3. The molecule has 1 amide bonds. The number of carbonyl (C=O) groups is 1. The van der Waals surface area contributed by atoms with Gasteiger partial charge in [-0.25, -0.2) is 9.37 Å². The molecule has 0 aliphatic rings. The Balaban J connectivity index is 2.27. The van der Waals surface area contributed by atoms with Gasteiger partial charge >= 0.3 is 0 Å². The molecule has 0 unspecified atom stereocenters. The van der Waals surface area contributed by atoms with E-state index in [0.29, 0.717) is 5.69 Å². The first-order chi connectivity index (χ1) is 9.11. The molecule has 3 N–H and O–H groups in total. The molecule has 5 nitrogen and oxygen atoms in total. The van der Waals surface area contributed by atoms with Crippen molar-refractivity contribution in [1.29, 1.82) is 0 Å². The predicted molar refractivity (Wildman–Crippen MR) is 69.6 cm³/mol. The maximum absolute atomic E-state index is 13.0. The number of carbonyl (C=O) groups excluding carboxylic acids is 1. The highest BCUT2D eigenvalue weighted by atomic mass is 19.1. The summed E-state index contributed by atoms with van der Waals surface area (Å²) in [6, 6.07) is 6.98. The number of nitrogens with one attached hydrogen (secondary N) is 1. The lowest BCUT2D eigenvalue weighted by molar-refractivity contribution is 0.102. The number of nitrogens with zero attached hydrogens (tertiary/aromatic N) is 1. The fraction of sp³-hybridized carbons (Fsp3) is 0.0769. The number of halogens is 1. The zero-order valence-electron chi connectivity index (χ0n) is 10.2. The topological polar surface area (TPSA) is 77.2 Å². The Morgan fingerprint density at radius 3 is 2.89 bits per heavy atom. The molecule has 1 aromatic carbocycles. The zero-order valence-corrected chi connectivity index (χ0v) is 10.2. The van der Waals surface area contributed by atoms with Crippen LogP contribution in [0.15, 0.2) is 36.5 Å². The highest BCUT2D eigenvalue weighted by Crippen LogP contribution is 2.25. The molecule has 19 heavy (non-hydrogen) atoms. The van der Waals surface area contributed by atoms with Gasteiger partial charge in [-0.3, -0.25) is 4.79 Å². The highest BCUT2D eigenvalue weighted by Gasteiger charge is 2.13. The number of nitrogens with two attached hydrogens (primary N) is 1. The maximum atomic E-state index is 13.0. The number of pyridine rings is 1. The lowest BCUT2D eigenvalue weighted by Crippen LogP contribution is -2.15. The molecule has 0 aliphatic heterocycles. The third-order valence-electron chi connectivity index (χ3n) is 2.49. The lowest BCUT2D eigenvalue weighted by atomic mass is 10.2. The van der Waals surface area contributed by atoms with E-state index in [4.69, 9.17) is 10.5 Å². The fourth-order valence-corrected chi connectivity index (χ4v) is 1.57. The van der Waals surface area contributed by atoms with E-state index in [1.165, 1.54) is 31.5 Å². The van der Waals surface area contributed by atoms with E-state index < -0.39 is 11.7 Å². The van der Waals surface area contributed by atoms with Crippen LogP contribution >= 0.6 is 0 Å². The van der Waals surface area contributed by atoms with Crippen LogP contribution in [0.5, 0.6) is 5.75 Å². The Bertz CT molecular complexity index is 617. The van der Waals surface area contributed by atoms with Crippen molar-refractivity contribution in [3.8, 4) is 5.75 Å². The van der Waals surface area contributed by atoms with Crippen LogP contribution in [0.1, 0.15) is 10.4 Å². The van der Waals surface area contributed by atoms with Gasteiger partial charge in [0.15, 0.2) is 0 Å². The number of hydrogen-bond donors (Lipinski definition) is 2. The molecule has 0 saturated carbocycles. The summed E-state index contributed by atoms with van der Waals surface area (Å²) in [5.74, 6) is -0.525. The molecular formula is C13H12FN3O2. The Morgan fingerprint density at radius 2 is 2.21 bits per heavy atom. The maximum Gasteiger partial charge on any atom is 0.259 e. The normalized spacial score (nSPS) is 10.0. The zero-order chi connectivity index (χ0) is 13.8. The number of hydrogen-bond acceptors (Lipinski definition) is 4. The summed E-state index contributed by atoms with van der Waals surface area (Å²) in [5.41, 5.74) is 6.21. The second kappa shape index (κ2) is 5.34. The molecule has 2 rings (SSSR count). The van der Waals surface area contributed by atoms with Crippen molar-refractivity contribution < 1.29 is 13.9 Å². The molecule has 6 heteroatoms. The van der Waals surface area contributed by atoms with Crippen LogP contribution in [0.3, 0.4) is 0 Å². The van der Waals surface area contributed by atoms with Crippen LogP contribution in [0.2, 0.25) is 0 Å². The standard InChI is InChI=1S/C13H12FN3O2/c1-19-11-7-8(14)4-5-10(11)17-13(18)9-3-2-6-16-12(9)15/h2-7H,1H3,(H2,15,16)(H,17,18). The molecule has 1 heterocycles. The molecule has 0 saturated heterocycles. The van der Waals surface area contributed by atoms with Gasteiger partial charge in [-0.15, -0.1) is 0 Å². The predicted octanol–water partition coefficient (Wildman–Crippen LogP) is 2.06. The van der Waals surface area contributed by atoms with Crippen LogP contribution in [0, 0.1) is 5.82 Å². The van der Waals surface area contributed by atoms with Gasteiger partial charge in [0.1, 0.15) is 17.4 Å². The SMILES string of the molecule is COc1cc(F)ccc1NC(=O)c1cccnc1N. The molecule has 0 fully saturated rings. The summed E-state index contributed by atoms with van der Waals surface area (Å²) in [5, 5.41) is 2.60. The first kappa shape index (κ1) is 12.8. The number of ether oxygens (including phenoxy) is 1. The summed E-state index contributed by atoms with van der Waals surface area (Å²) in [4.78, 5) is 15.8. The molecule has 0 radical (unpaired) electrons. The summed E-state index contributed by atoms with van der Waals surface area (Å²) in [7, 11) is 1.39. The van der Waals surface area contributed by atoms with Crippen molar-refractivity contribution >= 4 is 17.4 Å². The van der Waals surface area contributed by atoms with E-state index in [1.807, 2.05) is 0 Å². The second-order valence-electron chi connectivity index (χ2n) is 3.73. The summed E-state index contributed by atoms with van der Waals surface area (Å²) < 4.78 is 18.0. The number of aromatic nitrogens is 1. The Labute approximate surface area is 109 Å². The first-order valence-corrected chi connectivity index (χ1v) is 5.47. The number of methoxy groups -OCH3 is 1. The van der Waals surface area contributed by atoms with E-state index >= 15 is 0 Å². The monoisotopic (exact) mass is 261 g/mol. The average Bonchev–Trinajstić information content (AvgIpc) is 2.41. The van der Waals surface area contributed by atoms with Gasteiger partial charge < -0.3 is 15.8 Å². The Kier molecular flexibility index (Phi) is 3.61. The molecule has 98 valence electrons. The van der Waals surface area contributed by atoms with Gasteiger partial charge in [0.2, 0.25) is 0 Å². The summed E-state index contributed by atoms with van der Waals surface area (Å²) in [6.07, 6.45) is 1.49. The molecule has 0 spiro atoms. The van der Waals surface area contributed by atoms with Gasteiger partial charge in [0, 0.05) is 12.3 Å². The van der Waals surface area contributed by atoms with Gasteiger partial charge in [0.05, 0.1) is 18.4 Å². The fourth-order valence-electron chi connectivity index (χ4n) is 1.57. The van der Waals surface area contributed by atoms with Crippen LogP contribution in [0.25, 0.3) is 0 Å². The number of amides is 1. The van der Waals surface area contributed by atoms with Crippen LogP contribution in [0.4, 0.5) is 15.9 Å². The van der Waals surface area contributed by atoms with Crippen LogP contribution < -0.4 is 15.8 Å². The van der Waals surface area contributed by atoms with Gasteiger partial charge in [-0.05, 0) is 24.3 Å². The van der Waals surface area contributed by atoms with Gasteiger partial charge in [-0.1, -0.05) is 0 Å². The van der Waals surface area contributed by atoms with E-state index in [9.17, 15) is 9.18 Å². The molecule has 0 bridgehead atoms. The van der Waals surface area contributed by atoms with E-state index in [-0.39, 0.29) is 17.1 Å². The van der Waals surface area contributed by atoms with Crippen molar-refractivity contribution in [2.45, 2.75) is 0 Å². The molecule has 1 aromatic heterocycles. The largest absolute Gasteiger partial charge is 0.494 e. The molecule has 0 atom stereocenters. The quantitative estimate of drug-likeness (QED) is 0.886. The minimum Gasteiger partial charge on any atom is -0.494 e. The van der Waals surface area contributed by atoms with Gasteiger partial charge in [-0.2, -0.15) is 0 Å². The van der Waals surface area contributed by atoms with Crippen LogP contribution in [-0.2, 0) is 0 Å². The average molecular weight is 261 g/mol. The number of nitrogen functional groups attached to an aromatic ring is 1. The van der Waals surface area contributed by atoms with Crippen LogP contribution in [-0.4, -0.2) is 18.0 Å².